The molecule has 0 atom stereocenters. The highest BCUT2D eigenvalue weighted by Crippen LogP contribution is 2.33. The molecule has 0 saturated carbocycles. The molecule has 1 aliphatic rings. The number of amides is 1. The highest BCUT2D eigenvalue weighted by molar-refractivity contribution is 6.31. The van der Waals surface area contributed by atoms with Gasteiger partial charge in [-0.3, -0.25) is 4.79 Å². The van der Waals surface area contributed by atoms with Crippen LogP contribution in [0.25, 0.3) is 10.9 Å². The number of benzene rings is 2. The summed E-state index contributed by atoms with van der Waals surface area (Å²) in [6.07, 6.45) is 0. The first kappa shape index (κ1) is 17.2. The lowest BCUT2D eigenvalue weighted by atomic mass is 10.2. The molecule has 1 aliphatic heterocycles. The van der Waals surface area contributed by atoms with E-state index in [0.717, 1.165) is 16.7 Å². The number of ether oxygens (including phenoxy) is 2. The Morgan fingerprint density at radius 1 is 1.11 bits per heavy atom. The number of rotatable bonds is 6. The van der Waals surface area contributed by atoms with Crippen molar-refractivity contribution in [1.29, 1.82) is 0 Å². The minimum absolute atomic E-state index is 0.0549. The standard InChI is InChI=1S/C18H16ClN5O3/c19-11-2-3-13-12(6-11)17(24-18(23-13)22-8-16(20)25)21-7-10-1-4-14-15(5-10)27-9-26-14/h1-6H,7-9H2,(H2,20,25)(H2,21,22,23,24). The topological polar surface area (TPSA) is 111 Å². The maximum atomic E-state index is 11.0. The van der Waals surface area contributed by atoms with E-state index in [4.69, 9.17) is 26.8 Å². The number of aromatic nitrogens is 2. The zero-order valence-corrected chi connectivity index (χ0v) is 14.9. The van der Waals surface area contributed by atoms with Crippen molar-refractivity contribution in [2.75, 3.05) is 24.0 Å². The Balaban J connectivity index is 1.62. The summed E-state index contributed by atoms with van der Waals surface area (Å²) in [7, 11) is 0. The molecule has 9 heteroatoms. The Hall–Kier alpha value is -3.26. The van der Waals surface area contributed by atoms with Gasteiger partial charge in [0.15, 0.2) is 11.5 Å². The van der Waals surface area contributed by atoms with Gasteiger partial charge in [0, 0.05) is 17.0 Å². The fraction of sp³-hybridized carbons (Fsp3) is 0.167. The van der Waals surface area contributed by atoms with Crippen LogP contribution in [0.4, 0.5) is 11.8 Å². The van der Waals surface area contributed by atoms with Gasteiger partial charge in [-0.2, -0.15) is 4.98 Å². The molecule has 4 N–H and O–H groups in total. The second-order valence-corrected chi connectivity index (χ2v) is 6.35. The highest BCUT2D eigenvalue weighted by Gasteiger charge is 2.14. The molecule has 0 saturated heterocycles. The predicted octanol–water partition coefficient (Wildman–Crippen LogP) is 2.52. The van der Waals surface area contributed by atoms with Crippen LogP contribution in [0.2, 0.25) is 5.02 Å². The molecule has 3 aromatic rings. The van der Waals surface area contributed by atoms with Crippen molar-refractivity contribution in [1.82, 2.24) is 9.97 Å². The van der Waals surface area contributed by atoms with Gasteiger partial charge in [0.1, 0.15) is 5.82 Å². The number of hydrogen-bond donors (Lipinski definition) is 3. The van der Waals surface area contributed by atoms with Gasteiger partial charge in [0.25, 0.3) is 0 Å². The molecule has 0 bridgehead atoms. The minimum Gasteiger partial charge on any atom is -0.454 e. The van der Waals surface area contributed by atoms with Crippen LogP contribution in [-0.4, -0.2) is 29.2 Å². The van der Waals surface area contributed by atoms with E-state index in [-0.39, 0.29) is 13.3 Å². The van der Waals surface area contributed by atoms with E-state index >= 15 is 0 Å². The number of nitrogens with zero attached hydrogens (tertiary/aromatic N) is 2. The molecule has 0 spiro atoms. The van der Waals surface area contributed by atoms with Crippen molar-refractivity contribution in [2.45, 2.75) is 6.54 Å². The van der Waals surface area contributed by atoms with Crippen LogP contribution >= 0.6 is 11.6 Å². The lowest BCUT2D eigenvalue weighted by Gasteiger charge is -2.12. The normalized spacial score (nSPS) is 12.2. The Kier molecular flexibility index (Phi) is 4.55. The first-order valence-electron chi connectivity index (χ1n) is 8.20. The van der Waals surface area contributed by atoms with E-state index in [1.807, 2.05) is 18.2 Å². The number of anilines is 2. The molecular formula is C18H16ClN5O3. The molecule has 2 heterocycles. The second kappa shape index (κ2) is 7.16. The summed E-state index contributed by atoms with van der Waals surface area (Å²) in [6.45, 7) is 0.682. The SMILES string of the molecule is NC(=O)CNc1nc(NCc2ccc3c(c2)OCO3)c2cc(Cl)ccc2n1. The number of carbonyl (C=O) groups is 1. The van der Waals surface area contributed by atoms with Gasteiger partial charge in [0.2, 0.25) is 18.6 Å². The quantitative estimate of drug-likeness (QED) is 0.597. The third-order valence-corrected chi connectivity index (χ3v) is 4.21. The van der Waals surface area contributed by atoms with Crippen molar-refractivity contribution < 1.29 is 14.3 Å². The number of nitrogens with one attached hydrogen (secondary N) is 2. The van der Waals surface area contributed by atoms with Gasteiger partial charge in [0.05, 0.1) is 12.1 Å². The lowest BCUT2D eigenvalue weighted by molar-refractivity contribution is -0.116. The van der Waals surface area contributed by atoms with Crippen LogP contribution in [0.1, 0.15) is 5.56 Å². The van der Waals surface area contributed by atoms with Crippen molar-refractivity contribution in [3.8, 4) is 11.5 Å². The number of halogens is 1. The number of fused-ring (bicyclic) bond motifs is 2. The van der Waals surface area contributed by atoms with E-state index in [1.54, 1.807) is 18.2 Å². The average Bonchev–Trinajstić information content (AvgIpc) is 3.12. The van der Waals surface area contributed by atoms with Crippen molar-refractivity contribution in [2.24, 2.45) is 5.73 Å². The first-order chi connectivity index (χ1) is 13.1. The molecule has 8 nitrogen and oxygen atoms in total. The summed E-state index contributed by atoms with van der Waals surface area (Å²) in [5.41, 5.74) is 6.87. The van der Waals surface area contributed by atoms with E-state index in [0.29, 0.717) is 34.6 Å². The molecule has 1 aromatic heterocycles. The number of carbonyl (C=O) groups excluding carboxylic acids is 1. The fourth-order valence-electron chi connectivity index (χ4n) is 2.72. The Morgan fingerprint density at radius 2 is 1.96 bits per heavy atom. The molecule has 0 fully saturated rings. The number of primary amides is 1. The van der Waals surface area contributed by atoms with Crippen LogP contribution < -0.4 is 25.8 Å². The summed E-state index contributed by atoms with van der Waals surface area (Å²) >= 11 is 6.12. The Bertz CT molecular complexity index is 1030. The van der Waals surface area contributed by atoms with Crippen molar-refractivity contribution >= 4 is 40.2 Å². The molecule has 138 valence electrons. The molecule has 1 amide bonds. The van der Waals surface area contributed by atoms with Crippen molar-refractivity contribution in [3.05, 3.63) is 47.0 Å². The largest absolute Gasteiger partial charge is 0.454 e. The van der Waals surface area contributed by atoms with E-state index in [2.05, 4.69) is 20.6 Å². The monoisotopic (exact) mass is 385 g/mol. The van der Waals surface area contributed by atoms with Crippen LogP contribution in [-0.2, 0) is 11.3 Å². The predicted molar refractivity (Wildman–Crippen MR) is 102 cm³/mol. The molecule has 0 radical (unpaired) electrons. The lowest BCUT2D eigenvalue weighted by Crippen LogP contribution is -2.23. The zero-order valence-electron chi connectivity index (χ0n) is 14.2. The van der Waals surface area contributed by atoms with Gasteiger partial charge >= 0.3 is 0 Å². The maximum absolute atomic E-state index is 11.0. The Morgan fingerprint density at radius 3 is 2.81 bits per heavy atom. The fourth-order valence-corrected chi connectivity index (χ4v) is 2.89. The average molecular weight is 386 g/mol. The maximum Gasteiger partial charge on any atom is 0.236 e. The van der Waals surface area contributed by atoms with Gasteiger partial charge in [-0.1, -0.05) is 17.7 Å². The third-order valence-electron chi connectivity index (χ3n) is 3.98. The number of hydrogen-bond acceptors (Lipinski definition) is 7. The third kappa shape index (κ3) is 3.80. The molecular weight excluding hydrogens is 370 g/mol. The zero-order chi connectivity index (χ0) is 18.8. The molecule has 27 heavy (non-hydrogen) atoms. The summed E-state index contributed by atoms with van der Waals surface area (Å²) in [4.78, 5) is 19.9. The number of nitrogens with two attached hydrogens (primary N) is 1. The summed E-state index contributed by atoms with van der Waals surface area (Å²) in [5.74, 6) is 1.85. The van der Waals surface area contributed by atoms with E-state index in [1.165, 1.54) is 0 Å². The van der Waals surface area contributed by atoms with Crippen LogP contribution in [0.3, 0.4) is 0 Å². The van der Waals surface area contributed by atoms with Gasteiger partial charge in [-0.25, -0.2) is 4.98 Å². The van der Waals surface area contributed by atoms with Gasteiger partial charge < -0.3 is 25.8 Å². The van der Waals surface area contributed by atoms with Crippen LogP contribution in [0, 0.1) is 0 Å². The van der Waals surface area contributed by atoms with Crippen molar-refractivity contribution in [3.63, 3.8) is 0 Å². The second-order valence-electron chi connectivity index (χ2n) is 5.92. The minimum atomic E-state index is -0.496. The Labute approximate surface area is 159 Å². The highest BCUT2D eigenvalue weighted by atomic mass is 35.5. The van der Waals surface area contributed by atoms with Crippen LogP contribution in [0.15, 0.2) is 36.4 Å². The van der Waals surface area contributed by atoms with Gasteiger partial charge in [-0.05, 0) is 35.9 Å². The summed E-state index contributed by atoms with van der Waals surface area (Å²) in [6, 6.07) is 11.1. The molecule has 4 rings (SSSR count). The van der Waals surface area contributed by atoms with E-state index < -0.39 is 5.91 Å². The summed E-state index contributed by atoms with van der Waals surface area (Å²) in [5, 5.41) is 7.46. The molecule has 0 unspecified atom stereocenters. The molecule has 2 aromatic carbocycles. The van der Waals surface area contributed by atoms with Gasteiger partial charge in [-0.15, -0.1) is 0 Å². The smallest absolute Gasteiger partial charge is 0.236 e. The first-order valence-corrected chi connectivity index (χ1v) is 8.58. The molecule has 0 aliphatic carbocycles. The summed E-state index contributed by atoms with van der Waals surface area (Å²) < 4.78 is 10.7. The van der Waals surface area contributed by atoms with E-state index in [9.17, 15) is 4.79 Å². The van der Waals surface area contributed by atoms with Crippen LogP contribution in [0.5, 0.6) is 11.5 Å².